The van der Waals surface area contributed by atoms with Gasteiger partial charge in [0, 0.05) is 12.1 Å². The van der Waals surface area contributed by atoms with Crippen LogP contribution in [0, 0.1) is 0 Å². The van der Waals surface area contributed by atoms with Crippen LogP contribution in [-0.2, 0) is 6.42 Å². The monoisotopic (exact) mass is 153 g/mol. The molecular formula is C9H12FN. The Hall–Kier alpha value is -1.05. The lowest BCUT2D eigenvalue weighted by Gasteiger charge is -2.01. The quantitative estimate of drug-likeness (QED) is 0.647. The lowest BCUT2D eigenvalue weighted by molar-refractivity contribution is 0.360. The maximum atomic E-state index is 12.5. The van der Waals surface area contributed by atoms with Gasteiger partial charge in [-0.3, -0.25) is 0 Å². The van der Waals surface area contributed by atoms with Crippen LogP contribution in [0.2, 0.25) is 0 Å². The lowest BCUT2D eigenvalue weighted by Crippen LogP contribution is -1.98. The van der Waals surface area contributed by atoms with Crippen molar-refractivity contribution in [1.82, 2.24) is 0 Å². The first-order valence-electron chi connectivity index (χ1n) is 3.67. The van der Waals surface area contributed by atoms with Crippen molar-refractivity contribution in [2.24, 2.45) is 0 Å². The Morgan fingerprint density at radius 2 is 1.91 bits per heavy atom. The van der Waals surface area contributed by atoms with Gasteiger partial charge in [-0.05, 0) is 24.6 Å². The van der Waals surface area contributed by atoms with Gasteiger partial charge in [0.05, 0.1) is 0 Å². The van der Waals surface area contributed by atoms with Gasteiger partial charge in [-0.25, -0.2) is 4.39 Å². The van der Waals surface area contributed by atoms with Crippen molar-refractivity contribution in [3.8, 4) is 0 Å². The van der Waals surface area contributed by atoms with Crippen molar-refractivity contribution >= 4 is 5.69 Å². The predicted molar refractivity (Wildman–Crippen MR) is 45.1 cm³/mol. The molecule has 1 nitrogen and oxygen atoms in total. The number of anilines is 1. The van der Waals surface area contributed by atoms with Crippen LogP contribution in [0.15, 0.2) is 24.3 Å². The van der Waals surface area contributed by atoms with Gasteiger partial charge >= 0.3 is 0 Å². The Kier molecular flexibility index (Phi) is 2.47. The van der Waals surface area contributed by atoms with E-state index in [1.807, 2.05) is 12.1 Å². The Bertz CT molecular complexity index is 216. The zero-order valence-electron chi connectivity index (χ0n) is 6.55. The smallest absolute Gasteiger partial charge is 0.101 e. The van der Waals surface area contributed by atoms with E-state index in [0.717, 1.165) is 11.3 Å². The Morgan fingerprint density at radius 1 is 1.36 bits per heavy atom. The first-order valence-corrected chi connectivity index (χ1v) is 3.67. The number of nitrogens with two attached hydrogens (primary N) is 1. The van der Waals surface area contributed by atoms with Crippen LogP contribution in [0.25, 0.3) is 0 Å². The van der Waals surface area contributed by atoms with Crippen LogP contribution >= 0.6 is 0 Å². The number of alkyl halides is 1. The van der Waals surface area contributed by atoms with Gasteiger partial charge in [0.1, 0.15) is 6.17 Å². The highest BCUT2D eigenvalue weighted by molar-refractivity contribution is 5.39. The highest BCUT2D eigenvalue weighted by Gasteiger charge is 1.99. The Labute approximate surface area is 66.0 Å². The molecule has 0 saturated carbocycles. The minimum atomic E-state index is -0.779. The molecule has 1 aromatic carbocycles. The fourth-order valence-electron chi connectivity index (χ4n) is 0.979. The first kappa shape index (κ1) is 8.05. The second kappa shape index (κ2) is 3.37. The zero-order chi connectivity index (χ0) is 8.27. The summed E-state index contributed by atoms with van der Waals surface area (Å²) in [7, 11) is 0. The highest BCUT2D eigenvalue weighted by Crippen LogP contribution is 2.08. The van der Waals surface area contributed by atoms with E-state index in [0.29, 0.717) is 6.42 Å². The molecule has 0 amide bonds. The summed E-state index contributed by atoms with van der Waals surface area (Å²) in [6.45, 7) is 1.55. The van der Waals surface area contributed by atoms with E-state index < -0.39 is 6.17 Å². The number of rotatable bonds is 2. The van der Waals surface area contributed by atoms with Crippen molar-refractivity contribution in [3.63, 3.8) is 0 Å². The molecule has 1 atom stereocenters. The SMILES string of the molecule is CC(F)Cc1ccc(N)cc1. The molecule has 0 fully saturated rings. The summed E-state index contributed by atoms with van der Waals surface area (Å²) in [6.07, 6.45) is -0.307. The molecule has 60 valence electrons. The molecule has 0 aliphatic carbocycles. The molecule has 0 aliphatic rings. The van der Waals surface area contributed by atoms with Gasteiger partial charge in [0.15, 0.2) is 0 Å². The fraction of sp³-hybridized carbons (Fsp3) is 0.333. The number of benzene rings is 1. The molecule has 2 N–H and O–H groups in total. The van der Waals surface area contributed by atoms with E-state index >= 15 is 0 Å². The van der Waals surface area contributed by atoms with Crippen molar-refractivity contribution in [1.29, 1.82) is 0 Å². The van der Waals surface area contributed by atoms with E-state index in [-0.39, 0.29) is 0 Å². The van der Waals surface area contributed by atoms with Crippen molar-refractivity contribution in [2.75, 3.05) is 5.73 Å². The van der Waals surface area contributed by atoms with Crippen LogP contribution in [0.3, 0.4) is 0 Å². The van der Waals surface area contributed by atoms with E-state index in [1.165, 1.54) is 0 Å². The van der Waals surface area contributed by atoms with E-state index in [9.17, 15) is 4.39 Å². The molecule has 2 heteroatoms. The summed E-state index contributed by atoms with van der Waals surface area (Å²) in [6, 6.07) is 7.28. The molecule has 1 rings (SSSR count). The molecule has 1 aromatic rings. The van der Waals surface area contributed by atoms with E-state index in [4.69, 9.17) is 5.73 Å². The summed E-state index contributed by atoms with van der Waals surface area (Å²) in [5.74, 6) is 0. The predicted octanol–water partition coefficient (Wildman–Crippen LogP) is 2.17. The molecule has 0 aliphatic heterocycles. The normalized spacial score (nSPS) is 12.9. The molecule has 0 saturated heterocycles. The molecule has 0 radical (unpaired) electrons. The summed E-state index contributed by atoms with van der Waals surface area (Å²) in [5.41, 5.74) is 7.18. The van der Waals surface area contributed by atoms with E-state index in [1.54, 1.807) is 19.1 Å². The number of hydrogen-bond donors (Lipinski definition) is 1. The van der Waals surface area contributed by atoms with E-state index in [2.05, 4.69) is 0 Å². The average Bonchev–Trinajstić information content (AvgIpc) is 1.93. The molecular weight excluding hydrogens is 141 g/mol. The molecule has 0 heterocycles. The van der Waals surface area contributed by atoms with Gasteiger partial charge in [-0.2, -0.15) is 0 Å². The summed E-state index contributed by atoms with van der Waals surface area (Å²) in [4.78, 5) is 0. The van der Waals surface area contributed by atoms with Crippen LogP contribution in [-0.4, -0.2) is 6.17 Å². The summed E-state index contributed by atoms with van der Waals surface area (Å²) < 4.78 is 12.5. The molecule has 0 bridgehead atoms. The minimum Gasteiger partial charge on any atom is -0.399 e. The highest BCUT2D eigenvalue weighted by atomic mass is 19.1. The molecule has 11 heavy (non-hydrogen) atoms. The van der Waals surface area contributed by atoms with Crippen molar-refractivity contribution in [2.45, 2.75) is 19.5 Å². The summed E-state index contributed by atoms with van der Waals surface area (Å²) in [5, 5.41) is 0. The Morgan fingerprint density at radius 3 is 2.36 bits per heavy atom. The lowest BCUT2D eigenvalue weighted by atomic mass is 10.1. The van der Waals surface area contributed by atoms with Crippen LogP contribution in [0.4, 0.5) is 10.1 Å². The maximum Gasteiger partial charge on any atom is 0.101 e. The fourth-order valence-corrected chi connectivity index (χ4v) is 0.979. The second-order valence-electron chi connectivity index (χ2n) is 2.73. The molecule has 0 spiro atoms. The van der Waals surface area contributed by atoms with Gasteiger partial charge < -0.3 is 5.73 Å². The van der Waals surface area contributed by atoms with Gasteiger partial charge in [-0.1, -0.05) is 12.1 Å². The van der Waals surface area contributed by atoms with Crippen molar-refractivity contribution in [3.05, 3.63) is 29.8 Å². The van der Waals surface area contributed by atoms with Gasteiger partial charge in [0.2, 0.25) is 0 Å². The topological polar surface area (TPSA) is 26.0 Å². The molecule has 1 unspecified atom stereocenters. The van der Waals surface area contributed by atoms with Crippen LogP contribution in [0.1, 0.15) is 12.5 Å². The third-order valence-electron chi connectivity index (χ3n) is 1.50. The van der Waals surface area contributed by atoms with Crippen LogP contribution < -0.4 is 5.73 Å². The second-order valence-corrected chi connectivity index (χ2v) is 2.73. The minimum absolute atomic E-state index is 0.473. The molecule has 0 aromatic heterocycles. The third kappa shape index (κ3) is 2.58. The van der Waals surface area contributed by atoms with Crippen LogP contribution in [0.5, 0.6) is 0 Å². The Balaban J connectivity index is 2.66. The standard InChI is InChI=1S/C9H12FN/c1-7(10)6-8-2-4-9(11)5-3-8/h2-5,7H,6,11H2,1H3. The number of hydrogen-bond acceptors (Lipinski definition) is 1. The average molecular weight is 153 g/mol. The largest absolute Gasteiger partial charge is 0.399 e. The first-order chi connectivity index (χ1) is 5.18. The number of halogens is 1. The maximum absolute atomic E-state index is 12.5. The van der Waals surface area contributed by atoms with Crippen molar-refractivity contribution < 1.29 is 4.39 Å². The van der Waals surface area contributed by atoms with Gasteiger partial charge in [-0.15, -0.1) is 0 Å². The number of nitrogen functional groups attached to an aromatic ring is 1. The summed E-state index contributed by atoms with van der Waals surface area (Å²) >= 11 is 0. The third-order valence-corrected chi connectivity index (χ3v) is 1.50. The zero-order valence-corrected chi connectivity index (χ0v) is 6.55. The van der Waals surface area contributed by atoms with Gasteiger partial charge in [0.25, 0.3) is 0 Å².